The van der Waals surface area contributed by atoms with Crippen molar-refractivity contribution in [3.8, 4) is 0 Å². The maximum absolute atomic E-state index is 10.8. The zero-order valence-electron chi connectivity index (χ0n) is 6.80. The average Bonchev–Trinajstić information content (AvgIpc) is 2.00. The second-order valence-corrected chi connectivity index (χ2v) is 3.41. The number of hydrogen-bond donors (Lipinski definition) is 1. The van der Waals surface area contributed by atoms with E-state index in [0.717, 1.165) is 0 Å². The molecule has 1 unspecified atom stereocenters. The van der Waals surface area contributed by atoms with Gasteiger partial charge in [-0.15, -0.1) is 23.2 Å². The Bertz CT molecular complexity index is 139. The Labute approximate surface area is 81.6 Å². The van der Waals surface area contributed by atoms with Gasteiger partial charge in [0.05, 0.1) is 12.7 Å². The van der Waals surface area contributed by atoms with Gasteiger partial charge in [-0.25, -0.2) is 0 Å². The van der Waals surface area contributed by atoms with Gasteiger partial charge in [0, 0.05) is 6.42 Å². The van der Waals surface area contributed by atoms with Crippen LogP contribution in [0.2, 0.25) is 0 Å². The van der Waals surface area contributed by atoms with Crippen LogP contribution in [0.4, 0.5) is 0 Å². The van der Waals surface area contributed by atoms with E-state index in [4.69, 9.17) is 28.3 Å². The Hall–Kier alpha value is 0.01000. The molecule has 3 nitrogen and oxygen atoms in total. The molecule has 0 saturated heterocycles. The minimum atomic E-state index is -0.863. The maximum atomic E-state index is 10.8. The molecule has 1 atom stereocenters. The monoisotopic (exact) mass is 214 g/mol. The van der Waals surface area contributed by atoms with Gasteiger partial charge in [-0.3, -0.25) is 4.79 Å². The lowest BCUT2D eigenvalue weighted by Gasteiger charge is -2.09. The number of halogens is 2. The van der Waals surface area contributed by atoms with Gasteiger partial charge in [0.1, 0.15) is 4.84 Å². The number of rotatable bonds is 5. The number of alkyl halides is 2. The first-order chi connectivity index (χ1) is 5.57. The largest absolute Gasteiger partial charge is 0.466 e. The van der Waals surface area contributed by atoms with Crippen LogP contribution in [0.15, 0.2) is 0 Å². The fourth-order valence-corrected chi connectivity index (χ4v) is 0.877. The lowest BCUT2D eigenvalue weighted by atomic mass is 10.2. The van der Waals surface area contributed by atoms with E-state index in [1.165, 1.54) is 0 Å². The van der Waals surface area contributed by atoms with E-state index >= 15 is 0 Å². The lowest BCUT2D eigenvalue weighted by molar-refractivity contribution is -0.143. The first-order valence-electron chi connectivity index (χ1n) is 3.69. The molecule has 0 aromatic carbocycles. The third-order valence-electron chi connectivity index (χ3n) is 1.24. The summed E-state index contributed by atoms with van der Waals surface area (Å²) in [6.45, 7) is 2.07. The fraction of sp³-hybridized carbons (Fsp3) is 0.857. The van der Waals surface area contributed by atoms with Crippen molar-refractivity contribution in [3.05, 3.63) is 0 Å². The molecule has 72 valence electrons. The molecule has 5 heteroatoms. The molecule has 0 aliphatic carbocycles. The summed E-state index contributed by atoms with van der Waals surface area (Å²) in [5, 5.41) is 9.07. The van der Waals surface area contributed by atoms with Crippen molar-refractivity contribution in [2.75, 3.05) is 6.61 Å². The van der Waals surface area contributed by atoms with E-state index in [1.54, 1.807) is 6.92 Å². The highest BCUT2D eigenvalue weighted by molar-refractivity contribution is 6.44. The summed E-state index contributed by atoms with van der Waals surface area (Å²) in [5.74, 6) is -0.342. The summed E-state index contributed by atoms with van der Waals surface area (Å²) < 4.78 is 4.64. The zero-order chi connectivity index (χ0) is 9.56. The normalized spacial score (nSPS) is 13.1. The summed E-state index contributed by atoms with van der Waals surface area (Å²) >= 11 is 10.7. The van der Waals surface area contributed by atoms with E-state index in [-0.39, 0.29) is 18.8 Å². The molecule has 0 saturated carbocycles. The topological polar surface area (TPSA) is 46.5 Å². The highest BCUT2D eigenvalue weighted by atomic mass is 35.5. The number of aliphatic hydroxyl groups excluding tert-OH is 1. The number of aliphatic hydroxyl groups is 1. The Morgan fingerprint density at radius 2 is 2.17 bits per heavy atom. The lowest BCUT2D eigenvalue weighted by Crippen LogP contribution is -2.17. The van der Waals surface area contributed by atoms with E-state index in [2.05, 4.69) is 4.74 Å². The van der Waals surface area contributed by atoms with Crippen molar-refractivity contribution >= 4 is 29.2 Å². The molecule has 1 N–H and O–H groups in total. The molecule has 0 aliphatic rings. The van der Waals surface area contributed by atoms with E-state index in [0.29, 0.717) is 6.61 Å². The fourth-order valence-electron chi connectivity index (χ4n) is 0.625. The Balaban J connectivity index is 3.47. The third-order valence-corrected chi connectivity index (χ3v) is 1.82. The van der Waals surface area contributed by atoms with Crippen molar-refractivity contribution in [2.24, 2.45) is 0 Å². The Kier molecular flexibility index (Phi) is 6.52. The molecule has 12 heavy (non-hydrogen) atoms. The first-order valence-corrected chi connectivity index (χ1v) is 4.57. The highest BCUT2D eigenvalue weighted by Crippen LogP contribution is 2.12. The number of carbonyl (C=O) groups is 1. The molecule has 0 spiro atoms. The summed E-state index contributed by atoms with van der Waals surface area (Å²) in [4.78, 5) is 9.90. The van der Waals surface area contributed by atoms with Gasteiger partial charge in [-0.2, -0.15) is 0 Å². The van der Waals surface area contributed by atoms with Crippen LogP contribution in [0.1, 0.15) is 19.8 Å². The Morgan fingerprint density at radius 3 is 2.58 bits per heavy atom. The second-order valence-electron chi connectivity index (χ2n) is 2.25. The highest BCUT2D eigenvalue weighted by Gasteiger charge is 2.14. The number of ether oxygens (including phenoxy) is 1. The van der Waals surface area contributed by atoms with Crippen LogP contribution in [-0.4, -0.2) is 28.6 Å². The second kappa shape index (κ2) is 6.52. The molecule has 0 rings (SSSR count). The minimum absolute atomic E-state index is 0.144. The van der Waals surface area contributed by atoms with Gasteiger partial charge in [0.25, 0.3) is 0 Å². The molecule has 0 bridgehead atoms. The van der Waals surface area contributed by atoms with E-state index in [1.807, 2.05) is 0 Å². The standard InChI is InChI=1S/C7H12Cl2O3/c1-2-12-6(11)4-3-5(10)7(8)9/h5,7,10H,2-4H2,1H3. The minimum Gasteiger partial charge on any atom is -0.466 e. The van der Waals surface area contributed by atoms with Crippen molar-refractivity contribution in [2.45, 2.75) is 30.7 Å². The number of esters is 1. The molecule has 0 aromatic heterocycles. The summed E-state index contributed by atoms with van der Waals surface area (Å²) in [6, 6.07) is 0. The molecular formula is C7H12Cl2O3. The summed E-state index contributed by atoms with van der Waals surface area (Å²) in [7, 11) is 0. The van der Waals surface area contributed by atoms with Gasteiger partial charge in [0.15, 0.2) is 0 Å². The van der Waals surface area contributed by atoms with Gasteiger partial charge in [-0.05, 0) is 13.3 Å². The van der Waals surface area contributed by atoms with Crippen molar-refractivity contribution < 1.29 is 14.6 Å². The van der Waals surface area contributed by atoms with Crippen molar-refractivity contribution in [1.82, 2.24) is 0 Å². The van der Waals surface area contributed by atoms with Crippen LogP contribution in [-0.2, 0) is 9.53 Å². The quantitative estimate of drug-likeness (QED) is 0.558. The molecule has 0 aromatic rings. The van der Waals surface area contributed by atoms with Crippen molar-refractivity contribution in [1.29, 1.82) is 0 Å². The van der Waals surface area contributed by atoms with Crippen LogP contribution in [0.5, 0.6) is 0 Å². The van der Waals surface area contributed by atoms with E-state index < -0.39 is 10.9 Å². The predicted molar refractivity (Wildman–Crippen MR) is 47.4 cm³/mol. The molecule has 0 fully saturated rings. The molecule has 0 aliphatic heterocycles. The van der Waals surface area contributed by atoms with Crippen LogP contribution >= 0.6 is 23.2 Å². The molecule has 0 heterocycles. The van der Waals surface area contributed by atoms with Gasteiger partial charge in [-0.1, -0.05) is 0 Å². The summed E-state index contributed by atoms with van der Waals surface area (Å²) in [5.41, 5.74) is 0. The first kappa shape index (κ1) is 12.0. The number of hydrogen-bond acceptors (Lipinski definition) is 3. The smallest absolute Gasteiger partial charge is 0.305 e. The molecule has 0 radical (unpaired) electrons. The van der Waals surface area contributed by atoms with Crippen LogP contribution in [0.25, 0.3) is 0 Å². The van der Waals surface area contributed by atoms with Gasteiger partial charge in [0.2, 0.25) is 0 Å². The number of carbonyl (C=O) groups excluding carboxylic acids is 1. The van der Waals surface area contributed by atoms with Crippen LogP contribution in [0.3, 0.4) is 0 Å². The van der Waals surface area contributed by atoms with Gasteiger partial charge < -0.3 is 9.84 Å². The van der Waals surface area contributed by atoms with Gasteiger partial charge >= 0.3 is 5.97 Å². The molecular weight excluding hydrogens is 203 g/mol. The molecule has 0 amide bonds. The maximum Gasteiger partial charge on any atom is 0.305 e. The van der Waals surface area contributed by atoms with Crippen molar-refractivity contribution in [3.63, 3.8) is 0 Å². The third kappa shape index (κ3) is 5.63. The average molecular weight is 215 g/mol. The SMILES string of the molecule is CCOC(=O)CCC(O)C(Cl)Cl. The zero-order valence-corrected chi connectivity index (χ0v) is 8.31. The summed E-state index contributed by atoms with van der Waals surface area (Å²) in [6.07, 6.45) is -0.487. The van der Waals surface area contributed by atoms with Crippen LogP contribution < -0.4 is 0 Å². The van der Waals surface area contributed by atoms with E-state index in [9.17, 15) is 4.79 Å². The predicted octanol–water partition coefficient (Wildman–Crippen LogP) is 1.49. The van der Waals surface area contributed by atoms with Crippen LogP contribution in [0, 0.1) is 0 Å². The Morgan fingerprint density at radius 1 is 1.58 bits per heavy atom.